The summed E-state index contributed by atoms with van der Waals surface area (Å²) in [5.74, 6) is 0.674. The van der Waals surface area contributed by atoms with Crippen LogP contribution in [-0.2, 0) is 0 Å². The molecule has 3 aliphatic rings. The smallest absolute Gasteiger partial charge is 0.251 e. The molecule has 3 N–H and O–H groups in total. The number of hydrogen-bond donors (Lipinski definition) is 2. The van der Waals surface area contributed by atoms with Gasteiger partial charge in [-0.2, -0.15) is 0 Å². The zero-order valence-corrected chi connectivity index (χ0v) is 12.6. The number of anilines is 1. The zero-order chi connectivity index (χ0) is 15.1. The molecule has 0 aliphatic carbocycles. The van der Waals surface area contributed by atoms with Crippen LogP contribution in [0, 0.1) is 5.92 Å². The molecule has 2 bridgehead atoms. The lowest BCUT2D eigenvalue weighted by Crippen LogP contribution is -2.57. The molecule has 4 nitrogen and oxygen atoms in total. The van der Waals surface area contributed by atoms with E-state index in [-0.39, 0.29) is 5.91 Å². The molecule has 2 aromatic carbocycles. The number of hydrogen-bond acceptors (Lipinski definition) is 3. The van der Waals surface area contributed by atoms with Crippen LogP contribution in [0.5, 0.6) is 0 Å². The van der Waals surface area contributed by atoms with Gasteiger partial charge in [0, 0.05) is 29.2 Å². The summed E-state index contributed by atoms with van der Waals surface area (Å²) < 4.78 is 0. The van der Waals surface area contributed by atoms with Crippen LogP contribution in [0.2, 0.25) is 0 Å². The van der Waals surface area contributed by atoms with Crippen molar-refractivity contribution in [1.82, 2.24) is 10.2 Å². The van der Waals surface area contributed by atoms with Gasteiger partial charge in [-0.3, -0.25) is 4.79 Å². The molecular formula is C18H21N3O. The summed E-state index contributed by atoms with van der Waals surface area (Å²) >= 11 is 0. The third-order valence-corrected chi connectivity index (χ3v) is 5.15. The van der Waals surface area contributed by atoms with Crippen LogP contribution in [0.1, 0.15) is 23.2 Å². The maximum absolute atomic E-state index is 12.6. The Bertz CT molecular complexity index is 719. The Labute approximate surface area is 130 Å². The molecule has 0 unspecified atom stereocenters. The van der Waals surface area contributed by atoms with E-state index < -0.39 is 0 Å². The third kappa shape index (κ3) is 2.33. The summed E-state index contributed by atoms with van der Waals surface area (Å²) in [6.07, 6.45) is 2.42. The van der Waals surface area contributed by atoms with Crippen LogP contribution in [-0.4, -0.2) is 36.5 Å². The van der Waals surface area contributed by atoms with Gasteiger partial charge in [0.05, 0.1) is 0 Å². The van der Waals surface area contributed by atoms with Crippen molar-refractivity contribution in [3.63, 3.8) is 0 Å². The number of nitrogens with two attached hydrogens (primary N) is 1. The molecule has 1 amide bonds. The molecule has 0 radical (unpaired) electrons. The molecule has 1 atom stereocenters. The summed E-state index contributed by atoms with van der Waals surface area (Å²) in [6.45, 7) is 3.37. The highest BCUT2D eigenvalue weighted by Gasteiger charge is 2.34. The van der Waals surface area contributed by atoms with E-state index >= 15 is 0 Å². The monoisotopic (exact) mass is 295 g/mol. The number of carbonyl (C=O) groups is 1. The first-order valence-corrected chi connectivity index (χ1v) is 8.02. The largest absolute Gasteiger partial charge is 0.398 e. The summed E-state index contributed by atoms with van der Waals surface area (Å²) in [6, 6.07) is 11.8. The fraction of sp³-hybridized carbons (Fsp3) is 0.389. The number of rotatable bonds is 2. The topological polar surface area (TPSA) is 58.4 Å². The molecule has 3 heterocycles. The van der Waals surface area contributed by atoms with Crippen LogP contribution in [0.4, 0.5) is 5.69 Å². The van der Waals surface area contributed by atoms with E-state index in [1.165, 1.54) is 25.9 Å². The Balaban J connectivity index is 1.55. The van der Waals surface area contributed by atoms with Gasteiger partial charge in [-0.05, 0) is 55.4 Å². The molecule has 3 saturated heterocycles. The zero-order valence-electron chi connectivity index (χ0n) is 12.6. The van der Waals surface area contributed by atoms with E-state index in [9.17, 15) is 4.79 Å². The van der Waals surface area contributed by atoms with Gasteiger partial charge in [0.1, 0.15) is 0 Å². The maximum atomic E-state index is 12.6. The van der Waals surface area contributed by atoms with Crippen molar-refractivity contribution < 1.29 is 4.79 Å². The second kappa shape index (κ2) is 5.29. The number of nitrogen functional groups attached to an aromatic ring is 1. The maximum Gasteiger partial charge on any atom is 0.251 e. The van der Waals surface area contributed by atoms with Crippen LogP contribution >= 0.6 is 0 Å². The molecule has 114 valence electrons. The van der Waals surface area contributed by atoms with Crippen molar-refractivity contribution in [2.75, 3.05) is 25.4 Å². The van der Waals surface area contributed by atoms with E-state index in [4.69, 9.17) is 5.73 Å². The Morgan fingerprint density at radius 2 is 2.00 bits per heavy atom. The van der Waals surface area contributed by atoms with Crippen molar-refractivity contribution >= 4 is 22.4 Å². The highest BCUT2D eigenvalue weighted by molar-refractivity contribution is 6.01. The lowest BCUT2D eigenvalue weighted by Gasteiger charge is -2.44. The highest BCUT2D eigenvalue weighted by atomic mass is 16.1. The number of fused-ring (bicyclic) bond motifs is 4. The minimum Gasteiger partial charge on any atom is -0.398 e. The van der Waals surface area contributed by atoms with Gasteiger partial charge in [0.2, 0.25) is 0 Å². The van der Waals surface area contributed by atoms with Crippen LogP contribution < -0.4 is 11.1 Å². The Hall–Kier alpha value is -2.07. The summed E-state index contributed by atoms with van der Waals surface area (Å²) in [5.41, 5.74) is 7.44. The van der Waals surface area contributed by atoms with Gasteiger partial charge in [-0.1, -0.05) is 18.2 Å². The van der Waals surface area contributed by atoms with Gasteiger partial charge in [-0.25, -0.2) is 0 Å². The van der Waals surface area contributed by atoms with Crippen LogP contribution in [0.25, 0.3) is 10.8 Å². The Kier molecular flexibility index (Phi) is 3.26. The first-order chi connectivity index (χ1) is 10.7. The molecule has 22 heavy (non-hydrogen) atoms. The summed E-state index contributed by atoms with van der Waals surface area (Å²) in [4.78, 5) is 15.0. The van der Waals surface area contributed by atoms with Gasteiger partial charge in [0.25, 0.3) is 5.91 Å². The average Bonchev–Trinajstić information content (AvgIpc) is 2.56. The lowest BCUT2D eigenvalue weighted by molar-refractivity contribution is 0.0620. The van der Waals surface area contributed by atoms with E-state index in [1.54, 1.807) is 0 Å². The number of carbonyl (C=O) groups excluding carboxylic acids is 1. The van der Waals surface area contributed by atoms with Gasteiger partial charge < -0.3 is 16.0 Å². The molecule has 4 heteroatoms. The predicted octanol–water partition coefficient (Wildman–Crippen LogP) is 2.25. The molecule has 5 rings (SSSR count). The standard InChI is InChI=1S/C18H21N3O/c19-16-3-1-2-13-10-14(4-5-15(13)16)18(22)20-17-11-21-8-6-12(17)7-9-21/h1-5,10,12,17H,6-9,11,19H2,(H,20,22)/t17-/m0/s1. The minimum absolute atomic E-state index is 0.0306. The minimum atomic E-state index is 0.0306. The quantitative estimate of drug-likeness (QED) is 0.835. The van der Waals surface area contributed by atoms with Crippen molar-refractivity contribution in [2.24, 2.45) is 5.92 Å². The summed E-state index contributed by atoms with van der Waals surface area (Å²) in [7, 11) is 0. The number of piperidine rings is 3. The second-order valence-electron chi connectivity index (χ2n) is 6.50. The van der Waals surface area contributed by atoms with E-state index in [0.29, 0.717) is 12.0 Å². The van der Waals surface area contributed by atoms with Gasteiger partial charge in [0.15, 0.2) is 0 Å². The Morgan fingerprint density at radius 1 is 1.18 bits per heavy atom. The van der Waals surface area contributed by atoms with Crippen LogP contribution in [0.3, 0.4) is 0 Å². The fourth-order valence-corrected chi connectivity index (χ4v) is 3.83. The van der Waals surface area contributed by atoms with E-state index in [2.05, 4.69) is 10.2 Å². The number of nitrogens with one attached hydrogen (secondary N) is 1. The fourth-order valence-electron chi connectivity index (χ4n) is 3.83. The molecule has 3 fully saturated rings. The van der Waals surface area contributed by atoms with E-state index in [1.807, 2.05) is 36.4 Å². The third-order valence-electron chi connectivity index (χ3n) is 5.15. The SMILES string of the molecule is Nc1cccc2cc(C(=O)N[C@H]3CN4CCC3CC4)ccc12. The normalized spacial score (nSPS) is 27.0. The number of amides is 1. The average molecular weight is 295 g/mol. The van der Waals surface area contributed by atoms with E-state index in [0.717, 1.165) is 28.6 Å². The molecule has 0 spiro atoms. The molecule has 0 aromatic heterocycles. The molecule has 3 aliphatic heterocycles. The van der Waals surface area contributed by atoms with Gasteiger partial charge in [-0.15, -0.1) is 0 Å². The Morgan fingerprint density at radius 3 is 2.73 bits per heavy atom. The van der Waals surface area contributed by atoms with Crippen molar-refractivity contribution in [2.45, 2.75) is 18.9 Å². The molecular weight excluding hydrogens is 274 g/mol. The second-order valence-corrected chi connectivity index (χ2v) is 6.50. The number of benzene rings is 2. The van der Waals surface area contributed by atoms with Crippen LogP contribution in [0.15, 0.2) is 36.4 Å². The number of nitrogens with zero attached hydrogens (tertiary/aromatic N) is 1. The highest BCUT2D eigenvalue weighted by Crippen LogP contribution is 2.28. The molecule has 0 saturated carbocycles. The predicted molar refractivity (Wildman–Crippen MR) is 88.8 cm³/mol. The van der Waals surface area contributed by atoms with Crippen molar-refractivity contribution in [1.29, 1.82) is 0 Å². The van der Waals surface area contributed by atoms with Crippen molar-refractivity contribution in [3.05, 3.63) is 42.0 Å². The molecule has 2 aromatic rings. The summed E-state index contributed by atoms with van der Waals surface area (Å²) in [5, 5.41) is 5.25. The first-order valence-electron chi connectivity index (χ1n) is 8.02. The first kappa shape index (κ1) is 13.6. The lowest BCUT2D eigenvalue weighted by atomic mass is 9.84. The van der Waals surface area contributed by atoms with Gasteiger partial charge >= 0.3 is 0 Å². The van der Waals surface area contributed by atoms with Crippen molar-refractivity contribution in [3.8, 4) is 0 Å².